The lowest BCUT2D eigenvalue weighted by atomic mass is 10.1. The average Bonchev–Trinajstić information content (AvgIpc) is 2.40. The number of aryl methyl sites for hydroxylation is 2. The second-order valence-corrected chi connectivity index (χ2v) is 4.23. The van der Waals surface area contributed by atoms with Crippen molar-refractivity contribution in [3.05, 3.63) is 34.9 Å². The Labute approximate surface area is 113 Å². The Morgan fingerprint density at radius 1 is 1.42 bits per heavy atom. The number of nitrogens with one attached hydrogen (secondary N) is 1. The van der Waals surface area contributed by atoms with Crippen LogP contribution in [0.3, 0.4) is 0 Å². The Hall–Kier alpha value is -2.30. The first kappa shape index (κ1) is 14.8. The third-order valence-electron chi connectivity index (χ3n) is 2.72. The highest BCUT2D eigenvalue weighted by atomic mass is 16.5. The van der Waals surface area contributed by atoms with Gasteiger partial charge in [0.15, 0.2) is 0 Å². The number of rotatable bonds is 4. The maximum absolute atomic E-state index is 12.0. The fourth-order valence-electron chi connectivity index (χ4n) is 1.43. The van der Waals surface area contributed by atoms with Gasteiger partial charge in [0.05, 0.1) is 0 Å². The molecule has 2 unspecified atom stereocenters. The Bertz CT molecular complexity index is 552. The molecule has 0 aliphatic heterocycles. The minimum atomic E-state index is -1.06. The summed E-state index contributed by atoms with van der Waals surface area (Å²) in [6, 6.07) is 7.17. The highest BCUT2D eigenvalue weighted by Gasteiger charge is 2.15. The van der Waals surface area contributed by atoms with Crippen LogP contribution in [0.1, 0.15) is 28.4 Å². The largest absolute Gasteiger partial charge is 0.329 e. The van der Waals surface area contributed by atoms with Crippen molar-refractivity contribution in [3.8, 4) is 18.4 Å². The van der Waals surface area contributed by atoms with Crippen LogP contribution in [0.2, 0.25) is 0 Å². The van der Waals surface area contributed by atoms with Crippen molar-refractivity contribution in [1.29, 1.82) is 5.26 Å². The standard InChI is InChI=1S/C15H16N2O2/c1-5-12(4)19-14(9-16)17-15(18)13-7-6-10(2)11(3)8-13/h1,6-8,12,14H,2-4H3,(H,17,18). The SMILES string of the molecule is C#CC(C)OC(C#N)NC(=O)c1ccc(C)c(C)c1. The lowest BCUT2D eigenvalue weighted by Gasteiger charge is -2.15. The van der Waals surface area contributed by atoms with E-state index in [1.54, 1.807) is 19.1 Å². The molecule has 1 N–H and O–H groups in total. The molecular formula is C15H16N2O2. The maximum atomic E-state index is 12.0. The van der Waals surface area contributed by atoms with Crippen LogP contribution in [0.15, 0.2) is 18.2 Å². The summed E-state index contributed by atoms with van der Waals surface area (Å²) < 4.78 is 5.17. The van der Waals surface area contributed by atoms with E-state index in [0.717, 1.165) is 11.1 Å². The van der Waals surface area contributed by atoms with E-state index in [-0.39, 0.29) is 5.91 Å². The lowest BCUT2D eigenvalue weighted by Crippen LogP contribution is -2.37. The predicted octanol–water partition coefficient (Wildman–Crippen LogP) is 1.92. The molecule has 0 heterocycles. The van der Waals surface area contributed by atoms with E-state index in [2.05, 4.69) is 11.2 Å². The van der Waals surface area contributed by atoms with Crippen molar-refractivity contribution in [2.24, 2.45) is 0 Å². The van der Waals surface area contributed by atoms with Crippen molar-refractivity contribution >= 4 is 5.91 Å². The average molecular weight is 256 g/mol. The van der Waals surface area contributed by atoms with Gasteiger partial charge >= 0.3 is 0 Å². The smallest absolute Gasteiger partial charge is 0.254 e. The zero-order chi connectivity index (χ0) is 14.4. The van der Waals surface area contributed by atoms with Crippen LogP contribution < -0.4 is 5.32 Å². The molecule has 1 amide bonds. The van der Waals surface area contributed by atoms with Gasteiger partial charge < -0.3 is 10.1 Å². The van der Waals surface area contributed by atoms with E-state index in [1.165, 1.54) is 0 Å². The summed E-state index contributed by atoms with van der Waals surface area (Å²) in [5.74, 6) is 1.97. The van der Waals surface area contributed by atoms with Crippen molar-refractivity contribution in [2.75, 3.05) is 0 Å². The van der Waals surface area contributed by atoms with Gasteiger partial charge in [-0.15, -0.1) is 6.42 Å². The molecule has 98 valence electrons. The van der Waals surface area contributed by atoms with Gasteiger partial charge in [-0.1, -0.05) is 12.0 Å². The molecule has 0 radical (unpaired) electrons. The number of hydrogen-bond acceptors (Lipinski definition) is 3. The molecule has 1 aromatic rings. The molecule has 19 heavy (non-hydrogen) atoms. The molecule has 0 aliphatic carbocycles. The lowest BCUT2D eigenvalue weighted by molar-refractivity contribution is 0.0376. The minimum absolute atomic E-state index is 0.362. The Balaban J connectivity index is 2.75. The van der Waals surface area contributed by atoms with Gasteiger partial charge in [0.2, 0.25) is 6.23 Å². The number of carbonyl (C=O) groups is 1. The molecule has 2 atom stereocenters. The molecule has 0 aromatic heterocycles. The third-order valence-corrected chi connectivity index (χ3v) is 2.72. The third kappa shape index (κ3) is 4.13. The van der Waals surface area contributed by atoms with Crippen molar-refractivity contribution in [3.63, 3.8) is 0 Å². The van der Waals surface area contributed by atoms with Crippen LogP contribution in [-0.4, -0.2) is 18.2 Å². The van der Waals surface area contributed by atoms with Gasteiger partial charge in [-0.3, -0.25) is 4.79 Å². The van der Waals surface area contributed by atoms with Crippen LogP contribution in [0, 0.1) is 37.5 Å². The normalized spacial score (nSPS) is 12.9. The second-order valence-electron chi connectivity index (χ2n) is 4.23. The van der Waals surface area contributed by atoms with Crippen LogP contribution in [0.4, 0.5) is 0 Å². The number of ether oxygens (including phenoxy) is 1. The summed E-state index contributed by atoms with van der Waals surface area (Å²) in [5.41, 5.74) is 2.60. The second kappa shape index (κ2) is 6.58. The predicted molar refractivity (Wildman–Crippen MR) is 72.2 cm³/mol. The molecule has 1 aromatic carbocycles. The van der Waals surface area contributed by atoms with Crippen LogP contribution in [-0.2, 0) is 4.74 Å². The van der Waals surface area contributed by atoms with E-state index in [0.29, 0.717) is 5.56 Å². The van der Waals surface area contributed by atoms with Gasteiger partial charge in [-0.2, -0.15) is 5.26 Å². The summed E-state index contributed by atoms with van der Waals surface area (Å²) in [7, 11) is 0. The number of hydrogen-bond donors (Lipinski definition) is 1. The van der Waals surface area contributed by atoms with Crippen LogP contribution in [0.5, 0.6) is 0 Å². The molecule has 0 fully saturated rings. The van der Waals surface area contributed by atoms with E-state index < -0.39 is 12.3 Å². The Morgan fingerprint density at radius 2 is 2.11 bits per heavy atom. The highest BCUT2D eigenvalue weighted by molar-refractivity contribution is 5.94. The van der Waals surface area contributed by atoms with Gasteiger partial charge in [-0.05, 0) is 44.0 Å². The Morgan fingerprint density at radius 3 is 2.63 bits per heavy atom. The van der Waals surface area contributed by atoms with Gasteiger partial charge in [0, 0.05) is 5.56 Å². The van der Waals surface area contributed by atoms with Crippen LogP contribution >= 0.6 is 0 Å². The molecule has 0 spiro atoms. The summed E-state index contributed by atoms with van der Waals surface area (Å²) in [4.78, 5) is 12.0. The first-order valence-corrected chi connectivity index (χ1v) is 5.87. The first-order chi connectivity index (χ1) is 8.97. The van der Waals surface area contributed by atoms with Gasteiger partial charge in [0.25, 0.3) is 5.91 Å². The molecule has 0 aliphatic rings. The quantitative estimate of drug-likeness (QED) is 0.661. The zero-order valence-electron chi connectivity index (χ0n) is 11.2. The van der Waals surface area contributed by atoms with Gasteiger partial charge in [0.1, 0.15) is 12.2 Å². The molecule has 4 heteroatoms. The summed E-state index contributed by atoms with van der Waals surface area (Å²) in [5, 5.41) is 11.4. The molecule has 4 nitrogen and oxygen atoms in total. The number of carbonyl (C=O) groups excluding carboxylic acids is 1. The summed E-state index contributed by atoms with van der Waals surface area (Å²) in [6.45, 7) is 5.52. The fourth-order valence-corrected chi connectivity index (χ4v) is 1.43. The molecule has 1 rings (SSSR count). The topological polar surface area (TPSA) is 62.1 Å². The molecular weight excluding hydrogens is 240 g/mol. The number of terminal acetylenes is 1. The van der Waals surface area contributed by atoms with Crippen molar-refractivity contribution in [1.82, 2.24) is 5.32 Å². The molecule has 0 saturated carbocycles. The molecule has 0 saturated heterocycles. The summed E-state index contributed by atoms with van der Waals surface area (Å²) in [6.07, 6.45) is 3.56. The number of nitriles is 1. The maximum Gasteiger partial charge on any atom is 0.254 e. The van der Waals surface area contributed by atoms with E-state index in [4.69, 9.17) is 16.4 Å². The number of amides is 1. The van der Waals surface area contributed by atoms with Crippen molar-refractivity contribution in [2.45, 2.75) is 33.1 Å². The summed E-state index contributed by atoms with van der Waals surface area (Å²) >= 11 is 0. The molecule has 0 bridgehead atoms. The fraction of sp³-hybridized carbons (Fsp3) is 0.333. The Kier molecular flexibility index (Phi) is 5.11. The van der Waals surface area contributed by atoms with E-state index >= 15 is 0 Å². The van der Waals surface area contributed by atoms with Gasteiger partial charge in [-0.25, -0.2) is 0 Å². The van der Waals surface area contributed by atoms with Crippen LogP contribution in [0.25, 0.3) is 0 Å². The van der Waals surface area contributed by atoms with Crippen molar-refractivity contribution < 1.29 is 9.53 Å². The van der Waals surface area contributed by atoms with E-state index in [9.17, 15) is 4.79 Å². The monoisotopic (exact) mass is 256 g/mol. The zero-order valence-corrected chi connectivity index (χ0v) is 11.2. The number of nitrogens with zero attached hydrogens (tertiary/aromatic N) is 1. The minimum Gasteiger partial charge on any atom is -0.329 e. The first-order valence-electron chi connectivity index (χ1n) is 5.87. The highest BCUT2D eigenvalue weighted by Crippen LogP contribution is 2.10. The number of benzene rings is 1. The van der Waals surface area contributed by atoms with E-state index in [1.807, 2.05) is 26.0 Å².